The van der Waals surface area contributed by atoms with Gasteiger partial charge in [-0.2, -0.15) is 0 Å². The summed E-state index contributed by atoms with van der Waals surface area (Å²) in [4.78, 5) is 13.1. The van der Waals surface area contributed by atoms with Gasteiger partial charge in [-0.1, -0.05) is 20.8 Å². The minimum atomic E-state index is -0.254. The van der Waals surface area contributed by atoms with Gasteiger partial charge in [-0.3, -0.25) is 4.79 Å². The van der Waals surface area contributed by atoms with Crippen LogP contribution in [0.25, 0.3) is 0 Å². The van der Waals surface area contributed by atoms with Crippen LogP contribution in [0.4, 0.5) is 0 Å². The molecule has 9 atom stereocenters. The first-order chi connectivity index (χ1) is 12.3. The van der Waals surface area contributed by atoms with E-state index in [9.17, 15) is 9.90 Å². The Bertz CT molecular complexity index is 562. The maximum absolute atomic E-state index is 13.1. The third-order valence-corrected chi connectivity index (χ3v) is 9.81. The molecule has 148 valence electrons. The lowest BCUT2D eigenvalue weighted by molar-refractivity contribution is -0.160. The molecule has 0 radical (unpaired) electrons. The quantitative estimate of drug-likeness (QED) is 0.793. The summed E-state index contributed by atoms with van der Waals surface area (Å²) in [7, 11) is 0. The summed E-state index contributed by atoms with van der Waals surface area (Å²) in [6.07, 6.45) is 9.59. The van der Waals surface area contributed by atoms with Gasteiger partial charge in [0, 0.05) is 12.3 Å². The van der Waals surface area contributed by atoms with E-state index in [1.54, 1.807) is 0 Å². The van der Waals surface area contributed by atoms with Crippen LogP contribution >= 0.6 is 0 Å². The third-order valence-electron chi connectivity index (χ3n) is 9.81. The smallest absolute Gasteiger partial charge is 0.136 e. The summed E-state index contributed by atoms with van der Waals surface area (Å²) in [6.45, 7) is 8.14. The molecule has 4 aliphatic rings. The number of carbonyl (C=O) groups is 1. The van der Waals surface area contributed by atoms with E-state index in [4.69, 9.17) is 5.73 Å². The normalized spacial score (nSPS) is 52.1. The summed E-state index contributed by atoms with van der Waals surface area (Å²) in [5.74, 6) is 4.08. The van der Waals surface area contributed by atoms with Crippen molar-refractivity contribution < 1.29 is 9.90 Å². The SMILES string of the molecule is C[C@H](CCN)C1CCC2C3CC(=O)C4C[C@H](O)CC[C@]4(C)C3CC[C@@]21C. The lowest BCUT2D eigenvalue weighted by Gasteiger charge is -2.60. The highest BCUT2D eigenvalue weighted by atomic mass is 16.3. The molecule has 0 aliphatic heterocycles. The van der Waals surface area contributed by atoms with Crippen molar-refractivity contribution in [3.05, 3.63) is 0 Å². The molecule has 0 bridgehead atoms. The van der Waals surface area contributed by atoms with Gasteiger partial charge in [0.15, 0.2) is 0 Å². The summed E-state index contributed by atoms with van der Waals surface area (Å²) in [6, 6.07) is 0. The standard InChI is InChI=1S/C23H39NO2/c1-14(8-11-24)17-4-5-18-16-13-21(26)20-12-15(25)6-9-23(20,3)19(16)7-10-22(17,18)2/h14-20,25H,4-13,24H2,1-3H3/t14-,15-,16?,17?,18?,19?,20?,22-,23-/m1/s1. The molecule has 3 nitrogen and oxygen atoms in total. The number of hydrogen-bond donors (Lipinski definition) is 2. The number of nitrogens with two attached hydrogens (primary N) is 1. The number of hydrogen-bond acceptors (Lipinski definition) is 3. The fourth-order valence-electron chi connectivity index (χ4n) is 8.46. The lowest BCUT2D eigenvalue weighted by Crippen LogP contribution is -2.57. The van der Waals surface area contributed by atoms with E-state index in [0.29, 0.717) is 29.0 Å². The average molecular weight is 362 g/mol. The fourth-order valence-corrected chi connectivity index (χ4v) is 8.46. The first-order valence-electron chi connectivity index (χ1n) is 11.2. The Balaban J connectivity index is 1.61. The Morgan fingerprint density at radius 3 is 2.54 bits per heavy atom. The van der Waals surface area contributed by atoms with Gasteiger partial charge in [-0.05, 0) is 98.3 Å². The van der Waals surface area contributed by atoms with Crippen LogP contribution in [-0.4, -0.2) is 23.5 Å². The molecule has 0 aromatic heterocycles. The van der Waals surface area contributed by atoms with Gasteiger partial charge < -0.3 is 10.8 Å². The molecule has 3 N–H and O–H groups in total. The predicted molar refractivity (Wildman–Crippen MR) is 104 cm³/mol. The highest BCUT2D eigenvalue weighted by Gasteiger charge is 2.62. The maximum Gasteiger partial charge on any atom is 0.136 e. The van der Waals surface area contributed by atoms with Crippen molar-refractivity contribution >= 4 is 5.78 Å². The van der Waals surface area contributed by atoms with Gasteiger partial charge in [0.1, 0.15) is 5.78 Å². The molecule has 4 saturated carbocycles. The van der Waals surface area contributed by atoms with Crippen LogP contribution in [-0.2, 0) is 4.79 Å². The van der Waals surface area contributed by atoms with E-state index in [0.717, 1.165) is 50.5 Å². The molecular weight excluding hydrogens is 322 g/mol. The van der Waals surface area contributed by atoms with Crippen LogP contribution in [0.2, 0.25) is 0 Å². The Hall–Kier alpha value is -0.410. The van der Waals surface area contributed by atoms with E-state index in [2.05, 4.69) is 20.8 Å². The predicted octanol–water partition coefficient (Wildman–Crippen LogP) is 4.17. The Labute approximate surface area is 159 Å². The van der Waals surface area contributed by atoms with E-state index in [-0.39, 0.29) is 17.4 Å². The number of fused-ring (bicyclic) bond motifs is 5. The second-order valence-electron chi connectivity index (χ2n) is 10.8. The van der Waals surface area contributed by atoms with Gasteiger partial charge in [0.05, 0.1) is 6.10 Å². The van der Waals surface area contributed by atoms with Crippen molar-refractivity contribution in [2.75, 3.05) is 6.54 Å². The molecule has 4 rings (SSSR count). The van der Waals surface area contributed by atoms with Gasteiger partial charge in [0.2, 0.25) is 0 Å². The minimum Gasteiger partial charge on any atom is -0.393 e. The zero-order chi connectivity index (χ0) is 18.7. The fraction of sp³-hybridized carbons (Fsp3) is 0.957. The molecule has 0 aromatic rings. The first kappa shape index (κ1) is 18.9. The molecule has 3 heteroatoms. The van der Waals surface area contributed by atoms with Gasteiger partial charge >= 0.3 is 0 Å². The molecule has 4 fully saturated rings. The zero-order valence-electron chi connectivity index (χ0n) is 17.0. The molecular formula is C23H39NO2. The van der Waals surface area contributed by atoms with Crippen LogP contribution in [0.15, 0.2) is 0 Å². The second kappa shape index (κ2) is 6.58. The summed E-state index contributed by atoms with van der Waals surface area (Å²) in [5.41, 5.74) is 6.42. The number of ketones is 1. The van der Waals surface area contributed by atoms with E-state index in [1.165, 1.54) is 25.7 Å². The van der Waals surface area contributed by atoms with Crippen LogP contribution in [0, 0.1) is 46.3 Å². The number of rotatable bonds is 3. The maximum atomic E-state index is 13.1. The number of Topliss-reactive ketones (excluding diaryl/α,β-unsaturated/α-hetero) is 1. The van der Waals surface area contributed by atoms with Crippen molar-refractivity contribution in [1.82, 2.24) is 0 Å². The van der Waals surface area contributed by atoms with Gasteiger partial charge in [0.25, 0.3) is 0 Å². The second-order valence-corrected chi connectivity index (χ2v) is 10.8. The zero-order valence-corrected chi connectivity index (χ0v) is 17.0. The van der Waals surface area contributed by atoms with Crippen molar-refractivity contribution in [2.24, 2.45) is 52.1 Å². The Kier molecular flexibility index (Phi) is 4.79. The van der Waals surface area contributed by atoms with Crippen molar-refractivity contribution in [1.29, 1.82) is 0 Å². The molecule has 0 spiro atoms. The van der Waals surface area contributed by atoms with Crippen molar-refractivity contribution in [3.8, 4) is 0 Å². The first-order valence-corrected chi connectivity index (χ1v) is 11.2. The van der Waals surface area contributed by atoms with Crippen LogP contribution < -0.4 is 5.73 Å². The largest absolute Gasteiger partial charge is 0.393 e. The molecule has 4 aliphatic carbocycles. The average Bonchev–Trinajstić information content (AvgIpc) is 2.94. The minimum absolute atomic E-state index is 0.116. The summed E-state index contributed by atoms with van der Waals surface area (Å²) in [5, 5.41) is 10.2. The molecule has 0 aromatic carbocycles. The van der Waals surface area contributed by atoms with E-state index >= 15 is 0 Å². The van der Waals surface area contributed by atoms with E-state index < -0.39 is 0 Å². The molecule has 0 saturated heterocycles. The molecule has 0 amide bonds. The highest BCUT2D eigenvalue weighted by molar-refractivity contribution is 5.83. The Morgan fingerprint density at radius 1 is 1.12 bits per heavy atom. The monoisotopic (exact) mass is 361 g/mol. The number of carbonyl (C=O) groups excluding carboxylic acids is 1. The molecule has 26 heavy (non-hydrogen) atoms. The van der Waals surface area contributed by atoms with Crippen LogP contribution in [0.1, 0.15) is 78.6 Å². The van der Waals surface area contributed by atoms with Crippen LogP contribution in [0.5, 0.6) is 0 Å². The lowest BCUT2D eigenvalue weighted by atomic mass is 9.44. The van der Waals surface area contributed by atoms with Gasteiger partial charge in [-0.25, -0.2) is 0 Å². The van der Waals surface area contributed by atoms with Crippen molar-refractivity contribution in [3.63, 3.8) is 0 Å². The highest BCUT2D eigenvalue weighted by Crippen LogP contribution is 2.67. The van der Waals surface area contributed by atoms with E-state index in [1.807, 2.05) is 0 Å². The van der Waals surface area contributed by atoms with Gasteiger partial charge in [-0.15, -0.1) is 0 Å². The number of aliphatic hydroxyl groups is 1. The topological polar surface area (TPSA) is 63.3 Å². The Morgan fingerprint density at radius 2 is 1.81 bits per heavy atom. The molecule has 5 unspecified atom stereocenters. The number of aliphatic hydroxyl groups excluding tert-OH is 1. The third kappa shape index (κ3) is 2.64. The molecule has 0 heterocycles. The summed E-state index contributed by atoms with van der Waals surface area (Å²) >= 11 is 0. The summed E-state index contributed by atoms with van der Waals surface area (Å²) < 4.78 is 0. The van der Waals surface area contributed by atoms with Crippen LogP contribution in [0.3, 0.4) is 0 Å². The van der Waals surface area contributed by atoms with Crippen molar-refractivity contribution in [2.45, 2.75) is 84.7 Å².